The van der Waals surface area contributed by atoms with Gasteiger partial charge in [0.15, 0.2) is 6.10 Å². The molecule has 0 spiro atoms. The van der Waals surface area contributed by atoms with E-state index < -0.39 is 78.4 Å². The number of esters is 2. The number of aliphatic hydroxyl groups is 3. The van der Waals surface area contributed by atoms with Crippen LogP contribution in [-0.2, 0) is 41.8 Å². The number of allylic oxidation sites excluding steroid dienone is 1. The van der Waals surface area contributed by atoms with E-state index in [1.807, 2.05) is 12.2 Å². The minimum Gasteiger partial charge on any atom is -0.462 e. The highest BCUT2D eigenvalue weighted by Crippen LogP contribution is 2.43. The van der Waals surface area contributed by atoms with E-state index in [0.29, 0.717) is 32.1 Å². The molecule has 6 N–H and O–H groups in total. The van der Waals surface area contributed by atoms with Gasteiger partial charge < -0.3 is 39.5 Å². The SMILES string of the molecule is CCCCC/C=C\C[C@H](O)[C@@H](O)CCCCCCCC(=O)O[C@H](COC(=O)CCCCCCCCCCCCC(C)C)COP(=O)(O)OC[C@@H](O)COP(=O)(O)O. The highest BCUT2D eigenvalue weighted by Gasteiger charge is 2.28. The van der Waals surface area contributed by atoms with Crippen LogP contribution in [0.4, 0.5) is 0 Å². The summed E-state index contributed by atoms with van der Waals surface area (Å²) in [5.74, 6) is -0.374. The van der Waals surface area contributed by atoms with Crippen LogP contribution in [0.3, 0.4) is 0 Å². The second kappa shape index (κ2) is 35.5. The van der Waals surface area contributed by atoms with E-state index in [1.165, 1.54) is 51.4 Å². The van der Waals surface area contributed by atoms with Gasteiger partial charge in [0.25, 0.3) is 0 Å². The molecule has 338 valence electrons. The molecule has 5 atom stereocenters. The molecule has 0 aliphatic carbocycles. The number of carbonyl (C=O) groups is 2. The molecule has 0 amide bonds. The van der Waals surface area contributed by atoms with Gasteiger partial charge in [-0.25, -0.2) is 9.13 Å². The third-order valence-corrected chi connectivity index (χ3v) is 10.7. The molecule has 0 aromatic carbocycles. The Bertz CT molecular complexity index is 1120. The Labute approximate surface area is 342 Å². The standard InChI is InChI=1S/C40H78O15P2/c1-4-5-6-7-16-21-26-37(42)38(43)27-22-17-14-19-24-29-40(45)55-36(33-54-57(49,50)53-31-35(41)30-52-56(46,47)48)32-51-39(44)28-23-18-13-11-9-8-10-12-15-20-25-34(2)3/h16,21,34-38,41-43H,4-15,17-20,22-33H2,1-3H3,(H,49,50)(H2,46,47,48)/b21-16-/t35-,36+,37-,38-/m0/s1. The Morgan fingerprint density at radius 1 is 0.579 bits per heavy atom. The number of phosphoric acid groups is 2. The van der Waals surface area contributed by atoms with Crippen LogP contribution in [0.1, 0.15) is 175 Å². The zero-order valence-electron chi connectivity index (χ0n) is 35.1. The third-order valence-electron chi connectivity index (χ3n) is 9.27. The number of carbonyl (C=O) groups excluding carboxylic acids is 2. The molecule has 0 saturated carbocycles. The lowest BCUT2D eigenvalue weighted by Gasteiger charge is -2.20. The van der Waals surface area contributed by atoms with Crippen molar-refractivity contribution in [3.05, 3.63) is 12.2 Å². The molecule has 0 aromatic heterocycles. The average molecular weight is 861 g/mol. The maximum absolute atomic E-state index is 12.7. The summed E-state index contributed by atoms with van der Waals surface area (Å²) in [6.07, 6.45) is 21.0. The van der Waals surface area contributed by atoms with Gasteiger partial charge in [-0.1, -0.05) is 136 Å². The predicted octanol–water partition coefficient (Wildman–Crippen LogP) is 8.36. The smallest absolute Gasteiger partial charge is 0.462 e. The molecule has 0 rings (SSSR count). The Morgan fingerprint density at radius 3 is 1.65 bits per heavy atom. The van der Waals surface area contributed by atoms with E-state index >= 15 is 0 Å². The normalized spacial score (nSPS) is 15.4. The molecular weight excluding hydrogens is 782 g/mol. The van der Waals surface area contributed by atoms with Gasteiger partial charge in [-0.15, -0.1) is 0 Å². The molecule has 17 heteroatoms. The van der Waals surface area contributed by atoms with Crippen LogP contribution in [0.25, 0.3) is 0 Å². The fourth-order valence-electron chi connectivity index (χ4n) is 5.85. The monoisotopic (exact) mass is 860 g/mol. The lowest BCUT2D eigenvalue weighted by molar-refractivity contribution is -0.161. The molecule has 1 unspecified atom stereocenters. The third kappa shape index (κ3) is 38.7. The summed E-state index contributed by atoms with van der Waals surface area (Å²) in [4.78, 5) is 52.6. The molecule has 0 fully saturated rings. The molecular formula is C40H78O15P2. The van der Waals surface area contributed by atoms with Gasteiger partial charge in [0.1, 0.15) is 12.7 Å². The first-order valence-electron chi connectivity index (χ1n) is 21.4. The zero-order valence-corrected chi connectivity index (χ0v) is 36.9. The number of hydrogen-bond donors (Lipinski definition) is 6. The first-order valence-corrected chi connectivity index (χ1v) is 24.4. The first-order chi connectivity index (χ1) is 27.0. The van der Waals surface area contributed by atoms with Crippen LogP contribution in [0.15, 0.2) is 12.2 Å². The zero-order chi connectivity index (χ0) is 42.8. The molecule has 15 nitrogen and oxygen atoms in total. The lowest BCUT2D eigenvalue weighted by Crippen LogP contribution is -2.30. The fraction of sp³-hybridized carbons (Fsp3) is 0.900. The Kier molecular flexibility index (Phi) is 34.8. The van der Waals surface area contributed by atoms with Gasteiger partial charge in [-0.2, -0.15) is 0 Å². The lowest BCUT2D eigenvalue weighted by atomic mass is 10.0. The second-order valence-corrected chi connectivity index (χ2v) is 18.1. The van der Waals surface area contributed by atoms with Crippen molar-refractivity contribution in [2.75, 3.05) is 26.4 Å². The summed E-state index contributed by atoms with van der Waals surface area (Å²) >= 11 is 0. The van der Waals surface area contributed by atoms with Gasteiger partial charge in [-0.05, 0) is 44.4 Å². The van der Waals surface area contributed by atoms with Crippen molar-refractivity contribution in [1.29, 1.82) is 0 Å². The van der Waals surface area contributed by atoms with E-state index in [0.717, 1.165) is 63.7 Å². The number of unbranched alkanes of at least 4 members (excludes halogenated alkanes) is 16. The Hall–Kier alpha value is -1.22. The minimum atomic E-state index is -4.88. The summed E-state index contributed by atoms with van der Waals surface area (Å²) in [6.45, 7) is 3.82. The molecule has 57 heavy (non-hydrogen) atoms. The predicted molar refractivity (Wildman–Crippen MR) is 219 cm³/mol. The van der Waals surface area contributed by atoms with Crippen molar-refractivity contribution in [3.8, 4) is 0 Å². The van der Waals surface area contributed by atoms with E-state index in [9.17, 15) is 38.9 Å². The topological polar surface area (TPSA) is 236 Å². The van der Waals surface area contributed by atoms with Crippen LogP contribution in [0, 0.1) is 5.92 Å². The molecule has 0 radical (unpaired) electrons. The van der Waals surface area contributed by atoms with Gasteiger partial charge in [-0.3, -0.25) is 23.2 Å². The number of rotatable bonds is 40. The van der Waals surface area contributed by atoms with E-state index in [1.54, 1.807) is 0 Å². The van der Waals surface area contributed by atoms with Crippen molar-refractivity contribution in [3.63, 3.8) is 0 Å². The number of aliphatic hydroxyl groups excluding tert-OH is 3. The Balaban J connectivity index is 4.64. The highest BCUT2D eigenvalue weighted by molar-refractivity contribution is 7.47. The van der Waals surface area contributed by atoms with Crippen molar-refractivity contribution >= 4 is 27.6 Å². The average Bonchev–Trinajstić information content (AvgIpc) is 3.15. The highest BCUT2D eigenvalue weighted by atomic mass is 31.2. The van der Waals surface area contributed by atoms with Gasteiger partial charge in [0.2, 0.25) is 0 Å². The van der Waals surface area contributed by atoms with Crippen LogP contribution >= 0.6 is 15.6 Å². The summed E-state index contributed by atoms with van der Waals surface area (Å²) < 4.78 is 47.6. The van der Waals surface area contributed by atoms with Gasteiger partial charge in [0.05, 0.1) is 32.0 Å². The maximum atomic E-state index is 12.7. The number of phosphoric ester groups is 2. The van der Waals surface area contributed by atoms with Crippen molar-refractivity contribution in [2.24, 2.45) is 5.92 Å². The summed E-state index contributed by atoms with van der Waals surface area (Å²) in [5.41, 5.74) is 0. The Morgan fingerprint density at radius 2 is 1.09 bits per heavy atom. The molecule has 0 saturated heterocycles. The van der Waals surface area contributed by atoms with Crippen LogP contribution in [-0.4, -0.2) is 92.8 Å². The quantitative estimate of drug-likeness (QED) is 0.0147. The molecule has 0 aliphatic rings. The van der Waals surface area contributed by atoms with E-state index in [-0.39, 0.29) is 12.8 Å². The van der Waals surface area contributed by atoms with Gasteiger partial charge in [0, 0.05) is 12.8 Å². The minimum absolute atomic E-state index is 0.0353. The van der Waals surface area contributed by atoms with Crippen LogP contribution in [0.5, 0.6) is 0 Å². The summed E-state index contributed by atoms with van der Waals surface area (Å²) in [7, 11) is -9.72. The van der Waals surface area contributed by atoms with Crippen LogP contribution in [0.2, 0.25) is 0 Å². The van der Waals surface area contributed by atoms with E-state index in [4.69, 9.17) is 23.8 Å². The second-order valence-electron chi connectivity index (χ2n) is 15.4. The molecule has 0 heterocycles. The molecule has 0 aromatic rings. The van der Waals surface area contributed by atoms with Crippen molar-refractivity contribution < 1.29 is 71.8 Å². The summed E-state index contributed by atoms with van der Waals surface area (Å²) in [5, 5.41) is 30.2. The largest absolute Gasteiger partial charge is 0.472 e. The first kappa shape index (κ1) is 55.8. The van der Waals surface area contributed by atoms with Crippen molar-refractivity contribution in [2.45, 2.75) is 199 Å². The van der Waals surface area contributed by atoms with Crippen LogP contribution < -0.4 is 0 Å². The number of ether oxygens (including phenoxy) is 2. The molecule has 0 bridgehead atoms. The number of hydrogen-bond acceptors (Lipinski definition) is 12. The van der Waals surface area contributed by atoms with Gasteiger partial charge >= 0.3 is 27.6 Å². The maximum Gasteiger partial charge on any atom is 0.472 e. The van der Waals surface area contributed by atoms with E-state index in [2.05, 4.69) is 29.8 Å². The molecule has 0 aliphatic heterocycles. The van der Waals surface area contributed by atoms with Crippen molar-refractivity contribution in [1.82, 2.24) is 0 Å². The summed E-state index contributed by atoms with van der Waals surface area (Å²) in [6, 6.07) is 0. The fourth-order valence-corrected chi connectivity index (χ4v) is 7.01.